The van der Waals surface area contributed by atoms with Crippen molar-refractivity contribution < 1.29 is 29.3 Å². The number of carbonyl (C=O) groups is 2. The molecular formula is C13H8O6. The van der Waals surface area contributed by atoms with Crippen molar-refractivity contribution in [3.8, 4) is 17.2 Å². The Kier molecular flexibility index (Phi) is 2.02. The fraction of sp³-hybridized carbons (Fsp3) is 0.0769. The van der Waals surface area contributed by atoms with Crippen LogP contribution < -0.4 is 0 Å². The van der Waals surface area contributed by atoms with Crippen LogP contribution in [0.1, 0.15) is 37.6 Å². The number of hydrogen-bond donors (Lipinski definition) is 3. The molecule has 0 saturated carbocycles. The summed E-state index contributed by atoms with van der Waals surface area (Å²) >= 11 is 0. The molecule has 1 heterocycles. The number of aromatic hydroxyl groups is 3. The van der Waals surface area contributed by atoms with E-state index in [2.05, 4.69) is 0 Å². The Morgan fingerprint density at radius 2 is 1.63 bits per heavy atom. The van der Waals surface area contributed by atoms with Crippen molar-refractivity contribution in [3.05, 3.63) is 40.3 Å². The van der Waals surface area contributed by atoms with Gasteiger partial charge in [-0.25, -0.2) is 0 Å². The lowest BCUT2D eigenvalue weighted by atomic mass is 9.84. The van der Waals surface area contributed by atoms with Gasteiger partial charge in [0.2, 0.25) is 11.5 Å². The Hall–Kier alpha value is -2.76. The minimum Gasteiger partial charge on any atom is -0.504 e. The highest BCUT2D eigenvalue weighted by Gasteiger charge is 2.37. The molecule has 1 aromatic heterocycles. The molecule has 0 amide bonds. The predicted octanol–water partition coefficient (Wildman–Crippen LogP) is 1.48. The van der Waals surface area contributed by atoms with Gasteiger partial charge < -0.3 is 19.7 Å². The molecule has 1 aliphatic rings. The van der Waals surface area contributed by atoms with Gasteiger partial charge in [-0.2, -0.15) is 0 Å². The molecule has 1 aromatic carbocycles. The van der Waals surface area contributed by atoms with Gasteiger partial charge in [0.1, 0.15) is 12.0 Å². The maximum absolute atomic E-state index is 12.3. The van der Waals surface area contributed by atoms with E-state index in [4.69, 9.17) is 4.42 Å². The summed E-state index contributed by atoms with van der Waals surface area (Å²) < 4.78 is 5.04. The SMILES string of the molecule is Cc1occ2c1C(=O)c1c(cc(O)c(O)c1O)C2=O. The number of hydrogen-bond acceptors (Lipinski definition) is 6. The standard InChI is InChI=1S/C13H8O6/c1-4-8-6(3-19-4)10(15)5-2-7(14)11(16)13(18)9(5)12(8)17/h2-3,14,16,18H,1H3. The van der Waals surface area contributed by atoms with Crippen molar-refractivity contribution in [2.75, 3.05) is 0 Å². The number of phenolic OH excluding ortho intramolecular Hbond substituents is 3. The maximum Gasteiger partial charge on any atom is 0.201 e. The van der Waals surface area contributed by atoms with E-state index in [-0.39, 0.29) is 28.0 Å². The van der Waals surface area contributed by atoms with Crippen LogP contribution in [-0.2, 0) is 0 Å². The summed E-state index contributed by atoms with van der Waals surface area (Å²) in [6.45, 7) is 1.52. The van der Waals surface area contributed by atoms with Crippen molar-refractivity contribution >= 4 is 11.6 Å². The highest BCUT2D eigenvalue weighted by atomic mass is 16.3. The summed E-state index contributed by atoms with van der Waals surface area (Å²) in [4.78, 5) is 24.4. The molecule has 3 rings (SSSR count). The normalized spacial score (nSPS) is 13.3. The minimum atomic E-state index is -0.829. The molecule has 0 unspecified atom stereocenters. The van der Waals surface area contributed by atoms with Crippen LogP contribution in [0.15, 0.2) is 16.7 Å². The Morgan fingerprint density at radius 3 is 2.32 bits per heavy atom. The second kappa shape index (κ2) is 3.38. The zero-order valence-corrected chi connectivity index (χ0v) is 9.72. The smallest absolute Gasteiger partial charge is 0.201 e. The van der Waals surface area contributed by atoms with Crippen molar-refractivity contribution in [2.24, 2.45) is 0 Å². The van der Waals surface area contributed by atoms with Crippen LogP contribution in [-0.4, -0.2) is 26.9 Å². The van der Waals surface area contributed by atoms with Crippen LogP contribution in [0.3, 0.4) is 0 Å². The molecule has 0 spiro atoms. The number of furan rings is 1. The lowest BCUT2D eigenvalue weighted by Crippen LogP contribution is -2.20. The zero-order valence-electron chi connectivity index (χ0n) is 9.72. The molecule has 6 nitrogen and oxygen atoms in total. The number of ketones is 2. The monoisotopic (exact) mass is 260 g/mol. The van der Waals surface area contributed by atoms with Gasteiger partial charge in [0.05, 0.1) is 16.7 Å². The fourth-order valence-corrected chi connectivity index (χ4v) is 2.23. The van der Waals surface area contributed by atoms with Crippen molar-refractivity contribution in [1.29, 1.82) is 0 Å². The minimum absolute atomic E-state index is 0.0675. The summed E-state index contributed by atoms with van der Waals surface area (Å²) in [5.74, 6) is -3.22. The Labute approximate surface area is 106 Å². The summed E-state index contributed by atoms with van der Waals surface area (Å²) in [5, 5.41) is 28.6. The molecule has 0 atom stereocenters. The second-order valence-electron chi connectivity index (χ2n) is 4.25. The number of aryl methyl sites for hydroxylation is 1. The summed E-state index contributed by atoms with van der Waals surface area (Å²) in [6.07, 6.45) is 1.16. The Morgan fingerprint density at radius 1 is 0.947 bits per heavy atom. The number of benzene rings is 1. The summed E-state index contributed by atoms with van der Waals surface area (Å²) in [5.41, 5.74) is -0.333. The average Bonchev–Trinajstić information content (AvgIpc) is 2.75. The summed E-state index contributed by atoms with van der Waals surface area (Å²) in [7, 11) is 0. The third-order valence-corrected chi connectivity index (χ3v) is 3.17. The van der Waals surface area contributed by atoms with Gasteiger partial charge >= 0.3 is 0 Å². The summed E-state index contributed by atoms with van der Waals surface area (Å²) in [6, 6.07) is 0.954. The average molecular weight is 260 g/mol. The predicted molar refractivity (Wildman–Crippen MR) is 61.7 cm³/mol. The second-order valence-corrected chi connectivity index (χ2v) is 4.25. The van der Waals surface area contributed by atoms with Crippen LogP contribution in [0.5, 0.6) is 17.2 Å². The van der Waals surface area contributed by atoms with Crippen LogP contribution >= 0.6 is 0 Å². The van der Waals surface area contributed by atoms with Gasteiger partial charge in [0.15, 0.2) is 17.3 Å². The maximum atomic E-state index is 12.3. The molecule has 19 heavy (non-hydrogen) atoms. The van der Waals surface area contributed by atoms with Gasteiger partial charge in [0, 0.05) is 5.56 Å². The van der Waals surface area contributed by atoms with Gasteiger partial charge in [0.25, 0.3) is 0 Å². The first kappa shape index (κ1) is 11.3. The number of rotatable bonds is 0. The molecule has 6 heteroatoms. The van der Waals surface area contributed by atoms with E-state index in [9.17, 15) is 24.9 Å². The van der Waals surface area contributed by atoms with E-state index in [1.54, 1.807) is 0 Å². The molecule has 0 bridgehead atoms. The van der Waals surface area contributed by atoms with Crippen LogP contribution in [0.25, 0.3) is 0 Å². The van der Waals surface area contributed by atoms with Gasteiger partial charge in [-0.15, -0.1) is 0 Å². The first-order valence-electron chi connectivity index (χ1n) is 5.38. The topological polar surface area (TPSA) is 108 Å². The van der Waals surface area contributed by atoms with E-state index in [0.29, 0.717) is 0 Å². The number of phenols is 3. The fourth-order valence-electron chi connectivity index (χ4n) is 2.23. The quantitative estimate of drug-likeness (QED) is 0.528. The molecule has 3 N–H and O–H groups in total. The molecule has 0 radical (unpaired) electrons. The van der Waals surface area contributed by atoms with Gasteiger partial charge in [-0.1, -0.05) is 0 Å². The molecule has 0 fully saturated rings. The number of fused-ring (bicyclic) bond motifs is 2. The van der Waals surface area contributed by atoms with Crippen molar-refractivity contribution in [1.82, 2.24) is 0 Å². The zero-order chi connectivity index (χ0) is 13.9. The first-order valence-corrected chi connectivity index (χ1v) is 5.38. The third-order valence-electron chi connectivity index (χ3n) is 3.17. The van der Waals surface area contributed by atoms with Crippen molar-refractivity contribution in [2.45, 2.75) is 6.92 Å². The molecule has 2 aromatic rings. The Balaban J connectivity index is 2.41. The van der Waals surface area contributed by atoms with Crippen LogP contribution in [0.2, 0.25) is 0 Å². The molecular weight excluding hydrogens is 252 g/mol. The Bertz CT molecular complexity index is 753. The largest absolute Gasteiger partial charge is 0.504 e. The van der Waals surface area contributed by atoms with E-state index >= 15 is 0 Å². The first-order chi connectivity index (χ1) is 8.93. The molecule has 1 aliphatic carbocycles. The van der Waals surface area contributed by atoms with Crippen LogP contribution in [0.4, 0.5) is 0 Å². The highest BCUT2D eigenvalue weighted by Crippen LogP contribution is 2.44. The van der Waals surface area contributed by atoms with Gasteiger partial charge in [-0.3, -0.25) is 9.59 Å². The molecule has 0 saturated heterocycles. The van der Waals surface area contributed by atoms with E-state index in [1.165, 1.54) is 6.92 Å². The lowest BCUT2D eigenvalue weighted by Gasteiger charge is -2.16. The molecule has 0 aliphatic heterocycles. The van der Waals surface area contributed by atoms with E-state index in [1.807, 2.05) is 0 Å². The van der Waals surface area contributed by atoms with Crippen molar-refractivity contribution in [3.63, 3.8) is 0 Å². The lowest BCUT2D eigenvalue weighted by molar-refractivity contribution is 0.0976. The van der Waals surface area contributed by atoms with E-state index < -0.39 is 28.8 Å². The molecule has 96 valence electrons. The van der Waals surface area contributed by atoms with Gasteiger partial charge in [-0.05, 0) is 13.0 Å². The highest BCUT2D eigenvalue weighted by molar-refractivity contribution is 6.30. The van der Waals surface area contributed by atoms with E-state index in [0.717, 1.165) is 12.3 Å². The third kappa shape index (κ3) is 1.25. The van der Waals surface area contributed by atoms with Crippen LogP contribution in [0, 0.1) is 6.92 Å². The number of carbonyl (C=O) groups excluding carboxylic acids is 2.